The van der Waals surface area contributed by atoms with Crippen LogP contribution in [0.4, 0.5) is 0 Å². The fourth-order valence-corrected chi connectivity index (χ4v) is 4.29. The van der Waals surface area contributed by atoms with Crippen LogP contribution in [0.5, 0.6) is 5.75 Å². The Hall–Kier alpha value is -1.69. The van der Waals surface area contributed by atoms with Gasteiger partial charge in [-0.1, -0.05) is 36.4 Å². The summed E-state index contributed by atoms with van der Waals surface area (Å²) in [4.78, 5) is 0. The number of rotatable bonds is 6. The van der Waals surface area contributed by atoms with Crippen molar-refractivity contribution in [1.82, 2.24) is 10.6 Å². The lowest BCUT2D eigenvalue weighted by Gasteiger charge is -2.39. The Labute approximate surface area is 161 Å². The van der Waals surface area contributed by atoms with E-state index in [1.54, 1.807) is 18.9 Å². The van der Waals surface area contributed by atoms with Crippen LogP contribution >= 0.6 is 27.7 Å². The van der Waals surface area contributed by atoms with Crippen molar-refractivity contribution in [2.45, 2.75) is 9.95 Å². The van der Waals surface area contributed by atoms with Gasteiger partial charge in [-0.15, -0.1) is 18.3 Å². The molecule has 0 saturated carbocycles. The minimum atomic E-state index is -0.467. The molecule has 3 nitrogen and oxygen atoms in total. The Kier molecular flexibility index (Phi) is 5.89. The number of alkyl halides is 1. The van der Waals surface area contributed by atoms with E-state index in [1.165, 1.54) is 5.56 Å². The predicted molar refractivity (Wildman–Crippen MR) is 111 cm³/mol. The molecule has 1 heterocycles. The van der Waals surface area contributed by atoms with E-state index in [-0.39, 0.29) is 6.04 Å². The molecule has 5 heteroatoms. The molecular formula is C20H21BrN2OS. The highest BCUT2D eigenvalue weighted by Crippen LogP contribution is 2.37. The number of methoxy groups -OCH3 is 1. The lowest BCUT2D eigenvalue weighted by atomic mass is 10.0. The fraction of sp³-hybridized carbons (Fsp3) is 0.200. The van der Waals surface area contributed by atoms with E-state index >= 15 is 0 Å². The van der Waals surface area contributed by atoms with Gasteiger partial charge in [-0.3, -0.25) is 5.32 Å². The van der Waals surface area contributed by atoms with E-state index in [0.717, 1.165) is 22.8 Å². The van der Waals surface area contributed by atoms with Gasteiger partial charge >= 0.3 is 0 Å². The molecule has 0 amide bonds. The summed E-state index contributed by atoms with van der Waals surface area (Å²) in [7, 11) is 1.68. The molecule has 0 radical (unpaired) electrons. The number of hydrogen-bond acceptors (Lipinski definition) is 4. The van der Waals surface area contributed by atoms with Crippen molar-refractivity contribution >= 4 is 33.4 Å². The summed E-state index contributed by atoms with van der Waals surface area (Å²) in [6, 6.07) is 18.6. The van der Waals surface area contributed by atoms with Crippen LogP contribution in [0.15, 0.2) is 73.3 Å². The molecule has 0 bridgehead atoms. The first-order chi connectivity index (χ1) is 12.1. The third-order valence-electron chi connectivity index (χ3n) is 3.93. The minimum Gasteiger partial charge on any atom is -0.497 e. The maximum Gasteiger partial charge on any atom is 0.195 e. The molecular weight excluding hydrogens is 396 g/mol. The van der Waals surface area contributed by atoms with Crippen LogP contribution in [0.3, 0.4) is 0 Å². The zero-order valence-electron chi connectivity index (χ0n) is 14.0. The molecule has 2 N–H and O–H groups in total. The van der Waals surface area contributed by atoms with Crippen LogP contribution in [0.25, 0.3) is 5.70 Å². The van der Waals surface area contributed by atoms with Gasteiger partial charge in [-0.2, -0.15) is 0 Å². The van der Waals surface area contributed by atoms with Crippen LogP contribution in [0.2, 0.25) is 0 Å². The van der Waals surface area contributed by atoms with Crippen molar-refractivity contribution in [2.75, 3.05) is 12.9 Å². The van der Waals surface area contributed by atoms with Gasteiger partial charge in [0.05, 0.1) is 13.2 Å². The monoisotopic (exact) mass is 416 g/mol. The largest absolute Gasteiger partial charge is 0.497 e. The Morgan fingerprint density at radius 1 is 1.20 bits per heavy atom. The maximum absolute atomic E-state index is 5.26. The molecule has 0 spiro atoms. The van der Waals surface area contributed by atoms with Gasteiger partial charge in [0.25, 0.3) is 0 Å². The maximum atomic E-state index is 5.26. The first-order valence-corrected chi connectivity index (χ1v) is 9.82. The normalized spacial score (nSPS) is 22.6. The van der Waals surface area contributed by atoms with Gasteiger partial charge in [0.15, 0.2) is 3.90 Å². The molecule has 130 valence electrons. The topological polar surface area (TPSA) is 33.3 Å². The van der Waals surface area contributed by atoms with Crippen molar-refractivity contribution < 1.29 is 4.74 Å². The SMILES string of the molecule is C=CCS[C@@]1(Br)NC(c2ccc(OC)cc2)=C[C@@H](c2ccccc2)N1. The molecule has 1 aliphatic rings. The highest BCUT2D eigenvalue weighted by Gasteiger charge is 2.34. The third kappa shape index (κ3) is 4.48. The molecule has 0 aromatic heterocycles. The van der Waals surface area contributed by atoms with Crippen LogP contribution in [-0.4, -0.2) is 16.8 Å². The third-order valence-corrected chi connectivity index (χ3v) is 6.06. The van der Waals surface area contributed by atoms with Crippen LogP contribution in [0, 0.1) is 0 Å². The summed E-state index contributed by atoms with van der Waals surface area (Å²) in [5.41, 5.74) is 3.41. The van der Waals surface area contributed by atoms with Gasteiger partial charge < -0.3 is 10.1 Å². The predicted octanol–water partition coefficient (Wildman–Crippen LogP) is 4.90. The van der Waals surface area contributed by atoms with Gasteiger partial charge in [-0.05, 0) is 57.4 Å². The fourth-order valence-electron chi connectivity index (χ4n) is 2.69. The van der Waals surface area contributed by atoms with Gasteiger partial charge in [0.2, 0.25) is 0 Å². The number of ether oxygens (including phenoxy) is 1. The summed E-state index contributed by atoms with van der Waals surface area (Å²) >= 11 is 5.54. The quantitative estimate of drug-likeness (QED) is 0.398. The van der Waals surface area contributed by atoms with Gasteiger partial charge in [0.1, 0.15) is 5.75 Å². The summed E-state index contributed by atoms with van der Waals surface area (Å²) in [5, 5.41) is 7.18. The van der Waals surface area contributed by atoms with E-state index < -0.39 is 3.90 Å². The molecule has 2 aromatic rings. The molecule has 0 fully saturated rings. The average molecular weight is 417 g/mol. The molecule has 1 aliphatic heterocycles. The molecule has 0 unspecified atom stereocenters. The first kappa shape index (κ1) is 18.1. The molecule has 2 aromatic carbocycles. The zero-order chi connectivity index (χ0) is 17.7. The van der Waals surface area contributed by atoms with Crippen molar-refractivity contribution in [2.24, 2.45) is 0 Å². The van der Waals surface area contributed by atoms with Crippen LogP contribution < -0.4 is 15.4 Å². The minimum absolute atomic E-state index is 0.0937. The number of benzene rings is 2. The summed E-state index contributed by atoms with van der Waals surface area (Å²) in [6.07, 6.45) is 4.12. The summed E-state index contributed by atoms with van der Waals surface area (Å²) < 4.78 is 4.80. The Morgan fingerprint density at radius 2 is 1.92 bits per heavy atom. The molecule has 25 heavy (non-hydrogen) atoms. The van der Waals surface area contributed by atoms with Crippen molar-refractivity contribution in [3.8, 4) is 5.75 Å². The van der Waals surface area contributed by atoms with Gasteiger partial charge in [-0.25, -0.2) is 0 Å². The first-order valence-electron chi connectivity index (χ1n) is 8.04. The van der Waals surface area contributed by atoms with E-state index in [4.69, 9.17) is 4.74 Å². The van der Waals surface area contributed by atoms with Gasteiger partial charge in [0, 0.05) is 11.4 Å². The van der Waals surface area contributed by atoms with Crippen LogP contribution in [-0.2, 0) is 0 Å². The van der Waals surface area contributed by atoms with E-state index in [0.29, 0.717) is 0 Å². The van der Waals surface area contributed by atoms with Crippen molar-refractivity contribution in [3.63, 3.8) is 0 Å². The number of thioether (sulfide) groups is 1. The second-order valence-corrected chi connectivity index (χ2v) is 8.61. The lowest BCUT2D eigenvalue weighted by Crippen LogP contribution is -2.52. The summed E-state index contributed by atoms with van der Waals surface area (Å²) in [5.74, 6) is 1.67. The van der Waals surface area contributed by atoms with Crippen molar-refractivity contribution in [1.29, 1.82) is 0 Å². The summed E-state index contributed by atoms with van der Waals surface area (Å²) in [6.45, 7) is 3.82. The standard InChI is InChI=1S/C20H21BrN2OS/c1-3-13-25-20(21)22-18(15-7-5-4-6-8-15)14-19(23-20)16-9-11-17(24-2)12-10-16/h3-12,14,18,22-23H,1,13H2,2H3/t18-,20+/m0/s1. The highest BCUT2D eigenvalue weighted by molar-refractivity contribution is 9.11. The molecule has 0 saturated heterocycles. The highest BCUT2D eigenvalue weighted by atomic mass is 79.9. The van der Waals surface area contributed by atoms with E-state index in [9.17, 15) is 0 Å². The van der Waals surface area contributed by atoms with Crippen LogP contribution in [0.1, 0.15) is 17.2 Å². The Balaban J connectivity index is 1.95. The average Bonchev–Trinajstić information content (AvgIpc) is 2.67. The molecule has 0 aliphatic carbocycles. The Bertz CT molecular complexity index is 748. The smallest absolute Gasteiger partial charge is 0.195 e. The van der Waals surface area contributed by atoms with E-state index in [1.807, 2.05) is 24.3 Å². The Morgan fingerprint density at radius 3 is 2.56 bits per heavy atom. The second-order valence-electron chi connectivity index (χ2n) is 5.66. The van der Waals surface area contributed by atoms with Crippen molar-refractivity contribution in [3.05, 3.63) is 84.5 Å². The zero-order valence-corrected chi connectivity index (χ0v) is 16.4. The number of nitrogens with one attached hydrogen (secondary N) is 2. The van der Waals surface area contributed by atoms with E-state index in [2.05, 4.69) is 75.6 Å². The second kappa shape index (κ2) is 8.13. The molecule has 2 atom stereocenters. The number of hydrogen-bond donors (Lipinski definition) is 2. The number of halogens is 1. The lowest BCUT2D eigenvalue weighted by molar-refractivity contribution is 0.414. The molecule has 3 rings (SSSR count).